The van der Waals surface area contributed by atoms with Gasteiger partial charge in [0.15, 0.2) is 0 Å². The lowest BCUT2D eigenvalue weighted by Crippen LogP contribution is -2.44. The number of rotatable bonds is 4. The van der Waals surface area contributed by atoms with Crippen LogP contribution in [0, 0.1) is 11.7 Å². The number of nitrogens with two attached hydrogens (primary N) is 1. The van der Waals surface area contributed by atoms with Gasteiger partial charge in [-0.3, -0.25) is 4.79 Å². The van der Waals surface area contributed by atoms with Gasteiger partial charge in [0.1, 0.15) is 5.82 Å². The third kappa shape index (κ3) is 4.03. The lowest BCUT2D eigenvalue weighted by Gasteiger charge is -2.27. The van der Waals surface area contributed by atoms with Crippen LogP contribution in [0.15, 0.2) is 24.3 Å². The van der Waals surface area contributed by atoms with Crippen LogP contribution in [0.25, 0.3) is 0 Å². The van der Waals surface area contributed by atoms with E-state index in [1.165, 1.54) is 12.1 Å². The first-order valence-electron chi connectivity index (χ1n) is 6.94. The zero-order valence-electron chi connectivity index (χ0n) is 11.1. The number of carbonyl (C=O) groups is 1. The zero-order valence-corrected chi connectivity index (χ0v) is 11.1. The number of carbonyl (C=O) groups excluding carboxylic acids is 1. The van der Waals surface area contributed by atoms with Crippen LogP contribution in [0.4, 0.5) is 4.39 Å². The molecule has 19 heavy (non-hydrogen) atoms. The van der Waals surface area contributed by atoms with E-state index in [0.717, 1.165) is 31.2 Å². The van der Waals surface area contributed by atoms with E-state index in [-0.39, 0.29) is 23.7 Å². The van der Waals surface area contributed by atoms with Crippen LogP contribution in [0.5, 0.6) is 0 Å². The Bertz CT molecular complexity index is 419. The molecular formula is C15H21FN2O. The van der Waals surface area contributed by atoms with Crippen LogP contribution < -0.4 is 11.1 Å². The van der Waals surface area contributed by atoms with Crippen molar-refractivity contribution in [2.45, 2.75) is 38.1 Å². The Balaban J connectivity index is 1.75. The molecule has 0 radical (unpaired) electrons. The lowest BCUT2D eigenvalue weighted by atomic mass is 9.84. The molecule has 1 aromatic rings. The van der Waals surface area contributed by atoms with Gasteiger partial charge < -0.3 is 11.1 Å². The van der Waals surface area contributed by atoms with Crippen molar-refractivity contribution in [3.8, 4) is 0 Å². The minimum atomic E-state index is -0.235. The molecule has 4 heteroatoms. The molecule has 2 unspecified atom stereocenters. The third-order valence-electron chi connectivity index (χ3n) is 3.78. The molecule has 0 bridgehead atoms. The second-order valence-electron chi connectivity index (χ2n) is 5.22. The fourth-order valence-electron chi connectivity index (χ4n) is 2.60. The highest BCUT2D eigenvalue weighted by molar-refractivity contribution is 5.79. The van der Waals surface area contributed by atoms with Crippen molar-refractivity contribution in [2.75, 3.05) is 6.54 Å². The maximum Gasteiger partial charge on any atom is 0.224 e. The molecule has 3 N–H and O–H groups in total. The van der Waals surface area contributed by atoms with Crippen LogP contribution in [0.1, 0.15) is 31.2 Å². The summed E-state index contributed by atoms with van der Waals surface area (Å²) in [6, 6.07) is 6.36. The first-order chi connectivity index (χ1) is 9.16. The molecule has 0 saturated heterocycles. The van der Waals surface area contributed by atoms with Gasteiger partial charge in [-0.1, -0.05) is 25.0 Å². The van der Waals surface area contributed by atoms with E-state index in [2.05, 4.69) is 5.32 Å². The highest BCUT2D eigenvalue weighted by atomic mass is 19.1. The van der Waals surface area contributed by atoms with Gasteiger partial charge in [-0.25, -0.2) is 4.39 Å². The van der Waals surface area contributed by atoms with Gasteiger partial charge in [0, 0.05) is 12.6 Å². The fourth-order valence-corrected chi connectivity index (χ4v) is 2.60. The number of halogens is 1. The maximum absolute atomic E-state index is 12.7. The Labute approximate surface area is 113 Å². The van der Waals surface area contributed by atoms with Crippen molar-refractivity contribution in [3.63, 3.8) is 0 Å². The zero-order chi connectivity index (χ0) is 13.7. The highest BCUT2D eigenvalue weighted by Gasteiger charge is 2.27. The smallest absolute Gasteiger partial charge is 0.224 e. The van der Waals surface area contributed by atoms with Gasteiger partial charge in [0.25, 0.3) is 0 Å². The summed E-state index contributed by atoms with van der Waals surface area (Å²) in [4.78, 5) is 12.0. The van der Waals surface area contributed by atoms with Gasteiger partial charge in [0.2, 0.25) is 5.91 Å². The van der Waals surface area contributed by atoms with Gasteiger partial charge in [-0.15, -0.1) is 0 Å². The maximum atomic E-state index is 12.7. The van der Waals surface area contributed by atoms with Gasteiger partial charge in [-0.05, 0) is 37.0 Å². The number of hydrogen-bond donors (Lipinski definition) is 2. The molecule has 1 aromatic carbocycles. The number of hydrogen-bond acceptors (Lipinski definition) is 2. The molecule has 0 aromatic heterocycles. The minimum absolute atomic E-state index is 0.000397. The highest BCUT2D eigenvalue weighted by Crippen LogP contribution is 2.22. The minimum Gasteiger partial charge on any atom is -0.355 e. The molecule has 2 atom stereocenters. The van der Waals surface area contributed by atoms with Crippen molar-refractivity contribution in [3.05, 3.63) is 35.6 Å². The van der Waals surface area contributed by atoms with E-state index >= 15 is 0 Å². The van der Waals surface area contributed by atoms with Crippen molar-refractivity contribution in [2.24, 2.45) is 11.7 Å². The molecule has 0 spiro atoms. The quantitative estimate of drug-likeness (QED) is 0.874. The van der Waals surface area contributed by atoms with E-state index in [0.29, 0.717) is 13.0 Å². The Hall–Kier alpha value is -1.42. The van der Waals surface area contributed by atoms with Crippen LogP contribution in [-0.4, -0.2) is 18.5 Å². The topological polar surface area (TPSA) is 55.1 Å². The second-order valence-corrected chi connectivity index (χ2v) is 5.22. The first-order valence-corrected chi connectivity index (χ1v) is 6.94. The van der Waals surface area contributed by atoms with Crippen molar-refractivity contribution in [1.82, 2.24) is 5.32 Å². The van der Waals surface area contributed by atoms with E-state index < -0.39 is 0 Å². The lowest BCUT2D eigenvalue weighted by molar-refractivity contribution is -0.126. The monoisotopic (exact) mass is 264 g/mol. The average molecular weight is 264 g/mol. The summed E-state index contributed by atoms with van der Waals surface area (Å²) in [7, 11) is 0. The molecule has 0 heterocycles. The fraction of sp³-hybridized carbons (Fsp3) is 0.533. The molecule has 1 saturated carbocycles. The SMILES string of the molecule is NC1CCCCC1C(=O)NCCc1ccc(F)cc1. The normalized spacial score (nSPS) is 23.1. The summed E-state index contributed by atoms with van der Waals surface area (Å²) in [6.07, 6.45) is 4.76. The van der Waals surface area contributed by atoms with E-state index in [4.69, 9.17) is 5.73 Å². The van der Waals surface area contributed by atoms with E-state index in [1.807, 2.05) is 0 Å². The van der Waals surface area contributed by atoms with Crippen LogP contribution in [0.2, 0.25) is 0 Å². The summed E-state index contributed by atoms with van der Waals surface area (Å²) in [5.74, 6) is -0.211. The number of amides is 1. The molecule has 104 valence electrons. The average Bonchev–Trinajstić information content (AvgIpc) is 2.41. The summed E-state index contributed by atoms with van der Waals surface area (Å²) in [6.45, 7) is 0.577. The van der Waals surface area contributed by atoms with Crippen LogP contribution in [-0.2, 0) is 11.2 Å². The molecular weight excluding hydrogens is 243 g/mol. The van der Waals surface area contributed by atoms with Crippen molar-refractivity contribution >= 4 is 5.91 Å². The van der Waals surface area contributed by atoms with Crippen LogP contribution in [0.3, 0.4) is 0 Å². The third-order valence-corrected chi connectivity index (χ3v) is 3.78. The standard InChI is InChI=1S/C15H21FN2O/c16-12-7-5-11(6-8-12)9-10-18-15(19)13-3-1-2-4-14(13)17/h5-8,13-14H,1-4,9-10,17H2,(H,18,19). The van der Waals surface area contributed by atoms with E-state index in [1.54, 1.807) is 12.1 Å². The Morgan fingerprint density at radius 3 is 2.63 bits per heavy atom. The Kier molecular flexibility index (Phi) is 4.91. The number of nitrogens with one attached hydrogen (secondary N) is 1. The predicted octanol–water partition coefficient (Wildman–Crippen LogP) is 2.00. The largest absolute Gasteiger partial charge is 0.355 e. The summed E-state index contributed by atoms with van der Waals surface area (Å²) in [5.41, 5.74) is 7.00. The molecule has 3 nitrogen and oxygen atoms in total. The molecule has 1 fully saturated rings. The van der Waals surface area contributed by atoms with Gasteiger partial charge >= 0.3 is 0 Å². The Morgan fingerprint density at radius 1 is 1.26 bits per heavy atom. The molecule has 1 aliphatic carbocycles. The van der Waals surface area contributed by atoms with Gasteiger partial charge in [-0.2, -0.15) is 0 Å². The molecule has 1 amide bonds. The first kappa shape index (κ1) is 14.0. The van der Waals surface area contributed by atoms with E-state index in [9.17, 15) is 9.18 Å². The predicted molar refractivity (Wildman–Crippen MR) is 73.0 cm³/mol. The molecule has 0 aliphatic heterocycles. The van der Waals surface area contributed by atoms with Crippen molar-refractivity contribution < 1.29 is 9.18 Å². The molecule has 2 rings (SSSR count). The van der Waals surface area contributed by atoms with Gasteiger partial charge in [0.05, 0.1) is 5.92 Å². The summed E-state index contributed by atoms with van der Waals surface area (Å²) < 4.78 is 12.7. The Morgan fingerprint density at radius 2 is 1.95 bits per heavy atom. The second kappa shape index (κ2) is 6.66. The summed E-state index contributed by atoms with van der Waals surface area (Å²) >= 11 is 0. The van der Waals surface area contributed by atoms with Crippen molar-refractivity contribution in [1.29, 1.82) is 0 Å². The van der Waals surface area contributed by atoms with Crippen LogP contribution >= 0.6 is 0 Å². The molecule has 1 aliphatic rings. The number of benzene rings is 1. The summed E-state index contributed by atoms with van der Waals surface area (Å²) in [5, 5.41) is 2.93.